The molecule has 0 heterocycles. The number of hydrogen-bond acceptors (Lipinski definition) is 2. The molecule has 1 rings (SSSR count). The molecule has 0 aromatic carbocycles. The van der Waals surface area contributed by atoms with Crippen molar-refractivity contribution < 1.29 is 8.78 Å². The van der Waals surface area contributed by atoms with E-state index in [1.165, 1.54) is 25.7 Å². The zero-order chi connectivity index (χ0) is 13.6. The first-order valence-electron chi connectivity index (χ1n) is 7.11. The summed E-state index contributed by atoms with van der Waals surface area (Å²) < 4.78 is 24.8. The molecular weight excluding hydrogens is 234 g/mol. The maximum atomic E-state index is 12.4. The third-order valence-corrected chi connectivity index (χ3v) is 3.77. The van der Waals surface area contributed by atoms with Gasteiger partial charge in [0.1, 0.15) is 0 Å². The van der Waals surface area contributed by atoms with Crippen LogP contribution >= 0.6 is 0 Å². The van der Waals surface area contributed by atoms with Gasteiger partial charge in [0.15, 0.2) is 0 Å². The van der Waals surface area contributed by atoms with E-state index in [9.17, 15) is 8.78 Å². The molecule has 18 heavy (non-hydrogen) atoms. The van der Waals surface area contributed by atoms with Gasteiger partial charge in [-0.15, -0.1) is 0 Å². The van der Waals surface area contributed by atoms with Crippen LogP contribution in [0.15, 0.2) is 0 Å². The highest BCUT2D eigenvalue weighted by Gasteiger charge is 2.34. The largest absolute Gasteiger partial charge is 0.316 e. The lowest BCUT2D eigenvalue weighted by atomic mass is 9.85. The van der Waals surface area contributed by atoms with Gasteiger partial charge in [-0.05, 0) is 37.8 Å². The van der Waals surface area contributed by atoms with Crippen LogP contribution in [0.3, 0.4) is 0 Å². The van der Waals surface area contributed by atoms with E-state index in [0.717, 1.165) is 19.6 Å². The molecule has 0 spiro atoms. The highest BCUT2D eigenvalue weighted by molar-refractivity contribution is 4.89. The Balaban J connectivity index is 2.42. The standard InChI is InChI=1S/C14H28F2N2/c1-12(2)8-17-10-14(6-4-5-7-14)11-18(3)9-13(15)16/h12-13,17H,4-11H2,1-3H3. The minimum Gasteiger partial charge on any atom is -0.316 e. The average molecular weight is 262 g/mol. The summed E-state index contributed by atoms with van der Waals surface area (Å²) >= 11 is 0. The van der Waals surface area contributed by atoms with Crippen LogP contribution in [-0.4, -0.2) is 44.6 Å². The van der Waals surface area contributed by atoms with E-state index in [1.807, 2.05) is 7.05 Å². The lowest BCUT2D eigenvalue weighted by Crippen LogP contribution is -2.43. The molecule has 0 bridgehead atoms. The lowest BCUT2D eigenvalue weighted by Gasteiger charge is -2.34. The van der Waals surface area contributed by atoms with Crippen LogP contribution in [0.1, 0.15) is 39.5 Å². The van der Waals surface area contributed by atoms with Crippen LogP contribution < -0.4 is 5.32 Å². The van der Waals surface area contributed by atoms with Gasteiger partial charge in [-0.3, -0.25) is 0 Å². The molecular formula is C14H28F2N2. The van der Waals surface area contributed by atoms with Crippen molar-refractivity contribution >= 4 is 0 Å². The van der Waals surface area contributed by atoms with Gasteiger partial charge >= 0.3 is 0 Å². The summed E-state index contributed by atoms with van der Waals surface area (Å²) in [5.74, 6) is 0.641. The van der Waals surface area contributed by atoms with Crippen LogP contribution in [0.2, 0.25) is 0 Å². The molecule has 0 radical (unpaired) electrons. The summed E-state index contributed by atoms with van der Waals surface area (Å²) in [6.07, 6.45) is 2.60. The molecule has 1 aliphatic carbocycles. The van der Waals surface area contributed by atoms with E-state index in [-0.39, 0.29) is 12.0 Å². The molecule has 0 saturated heterocycles. The number of nitrogens with one attached hydrogen (secondary N) is 1. The molecule has 0 aromatic heterocycles. The fourth-order valence-electron chi connectivity index (χ4n) is 3.01. The van der Waals surface area contributed by atoms with Crippen LogP contribution in [0.4, 0.5) is 8.78 Å². The van der Waals surface area contributed by atoms with Gasteiger partial charge in [-0.2, -0.15) is 0 Å². The van der Waals surface area contributed by atoms with Crippen LogP contribution in [0, 0.1) is 11.3 Å². The van der Waals surface area contributed by atoms with Crippen molar-refractivity contribution in [2.45, 2.75) is 46.0 Å². The van der Waals surface area contributed by atoms with Crippen LogP contribution in [0.5, 0.6) is 0 Å². The molecule has 1 N–H and O–H groups in total. The first-order valence-corrected chi connectivity index (χ1v) is 7.11. The molecule has 1 aliphatic rings. The predicted molar refractivity (Wildman–Crippen MR) is 72.1 cm³/mol. The highest BCUT2D eigenvalue weighted by Crippen LogP contribution is 2.38. The maximum Gasteiger partial charge on any atom is 0.251 e. The number of halogens is 2. The van der Waals surface area contributed by atoms with Crippen molar-refractivity contribution in [2.24, 2.45) is 11.3 Å². The third kappa shape index (κ3) is 5.61. The Morgan fingerprint density at radius 2 is 1.83 bits per heavy atom. The monoisotopic (exact) mass is 262 g/mol. The summed E-state index contributed by atoms with van der Waals surface area (Å²) in [5, 5.41) is 3.51. The summed E-state index contributed by atoms with van der Waals surface area (Å²) in [5.41, 5.74) is 0.221. The molecule has 0 aromatic rings. The van der Waals surface area contributed by atoms with Crippen molar-refractivity contribution in [3.63, 3.8) is 0 Å². The highest BCUT2D eigenvalue weighted by atomic mass is 19.3. The van der Waals surface area contributed by atoms with E-state index >= 15 is 0 Å². The molecule has 0 atom stereocenters. The van der Waals surface area contributed by atoms with Gasteiger partial charge < -0.3 is 10.2 Å². The fourth-order valence-corrected chi connectivity index (χ4v) is 3.01. The van der Waals surface area contributed by atoms with E-state index in [2.05, 4.69) is 19.2 Å². The quantitative estimate of drug-likeness (QED) is 0.723. The molecule has 4 heteroatoms. The van der Waals surface area contributed by atoms with E-state index < -0.39 is 6.43 Å². The number of alkyl halides is 2. The SMILES string of the molecule is CC(C)CNCC1(CN(C)CC(F)F)CCCC1. The Kier molecular flexibility index (Phi) is 6.50. The van der Waals surface area contributed by atoms with Gasteiger partial charge in [-0.1, -0.05) is 26.7 Å². The smallest absolute Gasteiger partial charge is 0.251 e. The molecule has 108 valence electrons. The van der Waals surface area contributed by atoms with Crippen LogP contribution in [-0.2, 0) is 0 Å². The molecule has 0 aliphatic heterocycles. The van der Waals surface area contributed by atoms with E-state index in [1.54, 1.807) is 4.90 Å². The summed E-state index contributed by atoms with van der Waals surface area (Å²) in [4.78, 5) is 1.80. The molecule has 0 unspecified atom stereocenters. The van der Waals surface area contributed by atoms with Gasteiger partial charge in [0.2, 0.25) is 0 Å². The second-order valence-electron chi connectivity index (χ2n) is 6.32. The molecule has 1 saturated carbocycles. The predicted octanol–water partition coefficient (Wildman–Crippen LogP) is 2.99. The second kappa shape index (κ2) is 7.39. The van der Waals surface area contributed by atoms with Gasteiger partial charge in [0.25, 0.3) is 6.43 Å². The topological polar surface area (TPSA) is 15.3 Å². The van der Waals surface area contributed by atoms with Crippen molar-refractivity contribution in [3.05, 3.63) is 0 Å². The van der Waals surface area contributed by atoms with Gasteiger partial charge in [-0.25, -0.2) is 8.78 Å². The molecule has 1 fully saturated rings. The van der Waals surface area contributed by atoms with Crippen molar-refractivity contribution in [3.8, 4) is 0 Å². The first kappa shape index (κ1) is 15.8. The lowest BCUT2D eigenvalue weighted by molar-refractivity contribution is 0.0753. The number of rotatable bonds is 8. The van der Waals surface area contributed by atoms with Gasteiger partial charge in [0.05, 0.1) is 6.54 Å². The summed E-state index contributed by atoms with van der Waals surface area (Å²) in [7, 11) is 1.81. The Labute approximate surface area is 110 Å². The van der Waals surface area contributed by atoms with Crippen LogP contribution in [0.25, 0.3) is 0 Å². The second-order valence-corrected chi connectivity index (χ2v) is 6.32. The Morgan fingerprint density at radius 1 is 1.22 bits per heavy atom. The molecule has 0 amide bonds. The molecule has 2 nitrogen and oxygen atoms in total. The first-order chi connectivity index (χ1) is 8.43. The Hall–Kier alpha value is -0.220. The maximum absolute atomic E-state index is 12.4. The number of nitrogens with zero attached hydrogens (tertiary/aromatic N) is 1. The zero-order valence-electron chi connectivity index (χ0n) is 12.0. The van der Waals surface area contributed by atoms with Crippen molar-refractivity contribution in [2.75, 3.05) is 33.2 Å². The zero-order valence-corrected chi connectivity index (χ0v) is 12.0. The summed E-state index contributed by atoms with van der Waals surface area (Å²) in [6.45, 7) is 7.06. The van der Waals surface area contributed by atoms with Crippen molar-refractivity contribution in [1.29, 1.82) is 0 Å². The van der Waals surface area contributed by atoms with Gasteiger partial charge in [0, 0.05) is 13.1 Å². The third-order valence-electron chi connectivity index (χ3n) is 3.77. The Morgan fingerprint density at radius 3 is 2.33 bits per heavy atom. The minimum atomic E-state index is -2.22. The Bertz CT molecular complexity index is 226. The van der Waals surface area contributed by atoms with Crippen molar-refractivity contribution in [1.82, 2.24) is 10.2 Å². The van der Waals surface area contributed by atoms with E-state index in [0.29, 0.717) is 5.92 Å². The average Bonchev–Trinajstić information content (AvgIpc) is 2.64. The summed E-state index contributed by atoms with van der Waals surface area (Å²) in [6, 6.07) is 0. The number of hydrogen-bond donors (Lipinski definition) is 1. The minimum absolute atomic E-state index is 0.105. The normalized spacial score (nSPS) is 19.3. The fraction of sp³-hybridized carbons (Fsp3) is 1.00. The van der Waals surface area contributed by atoms with E-state index in [4.69, 9.17) is 0 Å².